The number of anilines is 1. The van der Waals surface area contributed by atoms with Crippen molar-refractivity contribution in [3.05, 3.63) is 89.2 Å². The standard InChI is InChI=1S/C46H55F4N7O6/c1-26(2)53-39(59)33-18-21-36(27(3)22-33)30-12-8-28(9-13-30)23-34(24-37(58)31-14-10-29(11-15-31)25-52-43(62)63-44(4,5)6)40(60)54-35-19-16-32(17-20-35)38-55-41(57-56-38)45(47,48)46(49,50)42(61)51-7/h8-9,12-13,16-22,26,29,31,34H,10-11,14-15,23-25H2,1-7H3,(H,51,61)(H,52,62)(H,53,59)(H,54,60)(H,55,56,57)/t29?,31?,34-/m1/s1. The Morgan fingerprint density at radius 1 is 0.873 bits per heavy atom. The molecule has 0 bridgehead atoms. The number of carbonyl (C=O) groups is 5. The molecule has 63 heavy (non-hydrogen) atoms. The van der Waals surface area contributed by atoms with Crippen molar-refractivity contribution in [2.75, 3.05) is 18.9 Å². The maximum absolute atomic E-state index is 14.6. The molecular formula is C46H55F4N7O6. The molecule has 1 fully saturated rings. The number of benzene rings is 3. The SMILES string of the molecule is CNC(=O)C(F)(F)C(F)(F)c1nc(-c2ccc(NC(=O)[C@@H](CC(=O)C3CCC(CNC(=O)OC(C)(C)C)CC3)Cc3ccc(-c4ccc(C(=O)NC(C)C)cc4C)cc3)cc2)n[nH]1. The summed E-state index contributed by atoms with van der Waals surface area (Å²) in [5.41, 5.74) is 3.96. The molecule has 1 aliphatic rings. The van der Waals surface area contributed by atoms with Crippen LogP contribution in [0.25, 0.3) is 22.5 Å². The van der Waals surface area contributed by atoms with Crippen LogP contribution in [0, 0.1) is 24.7 Å². The zero-order valence-electron chi connectivity index (χ0n) is 36.5. The number of aromatic nitrogens is 3. The first-order valence-corrected chi connectivity index (χ1v) is 20.9. The lowest BCUT2D eigenvalue weighted by Crippen LogP contribution is -2.50. The fraction of sp³-hybridized carbons (Fsp3) is 0.457. The third-order valence-corrected chi connectivity index (χ3v) is 10.8. The number of ether oxygens (including phenoxy) is 1. The number of aromatic amines is 1. The Bertz CT molecular complexity index is 2270. The van der Waals surface area contributed by atoms with E-state index in [1.54, 1.807) is 31.9 Å². The largest absolute Gasteiger partial charge is 0.444 e. The highest BCUT2D eigenvalue weighted by Gasteiger charge is 2.65. The molecule has 0 unspecified atom stereocenters. The molecule has 1 saturated carbocycles. The average Bonchev–Trinajstić information content (AvgIpc) is 3.74. The van der Waals surface area contributed by atoms with E-state index in [0.29, 0.717) is 30.6 Å². The molecule has 5 rings (SSSR count). The fourth-order valence-electron chi connectivity index (χ4n) is 7.40. The Hall–Kier alpha value is -6.13. The van der Waals surface area contributed by atoms with Gasteiger partial charge < -0.3 is 26.0 Å². The van der Waals surface area contributed by atoms with Gasteiger partial charge in [-0.15, -0.1) is 0 Å². The molecule has 1 atom stereocenters. The van der Waals surface area contributed by atoms with E-state index in [0.717, 1.165) is 42.1 Å². The van der Waals surface area contributed by atoms with Crippen LogP contribution in [0.5, 0.6) is 0 Å². The van der Waals surface area contributed by atoms with Crippen LogP contribution in [0.4, 0.5) is 28.0 Å². The van der Waals surface area contributed by atoms with Crippen molar-refractivity contribution in [1.82, 2.24) is 31.1 Å². The number of alkyl carbamates (subject to hydrolysis) is 1. The van der Waals surface area contributed by atoms with Crippen LogP contribution in [-0.4, -0.2) is 75.9 Å². The van der Waals surface area contributed by atoms with E-state index in [4.69, 9.17) is 4.74 Å². The molecule has 0 radical (unpaired) electrons. The highest BCUT2D eigenvalue weighted by molar-refractivity contribution is 5.97. The summed E-state index contributed by atoms with van der Waals surface area (Å²) in [4.78, 5) is 67.6. The first kappa shape index (κ1) is 47.9. The molecule has 0 aliphatic heterocycles. The smallest absolute Gasteiger partial charge is 0.407 e. The maximum Gasteiger partial charge on any atom is 0.407 e. The van der Waals surface area contributed by atoms with Crippen LogP contribution >= 0.6 is 0 Å². The quantitative estimate of drug-likeness (QED) is 0.0699. The summed E-state index contributed by atoms with van der Waals surface area (Å²) in [5, 5.41) is 15.5. The van der Waals surface area contributed by atoms with Crippen LogP contribution in [0.1, 0.15) is 94.0 Å². The van der Waals surface area contributed by atoms with Crippen LogP contribution in [-0.2, 0) is 31.5 Å². The van der Waals surface area contributed by atoms with E-state index in [-0.39, 0.29) is 53.8 Å². The Morgan fingerprint density at radius 2 is 1.51 bits per heavy atom. The van der Waals surface area contributed by atoms with Gasteiger partial charge in [-0.25, -0.2) is 9.78 Å². The summed E-state index contributed by atoms with van der Waals surface area (Å²) >= 11 is 0. The number of H-pyrrole nitrogens is 1. The minimum Gasteiger partial charge on any atom is -0.444 e. The third-order valence-electron chi connectivity index (χ3n) is 10.8. The van der Waals surface area contributed by atoms with Crippen molar-refractivity contribution in [1.29, 1.82) is 0 Å². The lowest BCUT2D eigenvalue weighted by atomic mass is 9.77. The summed E-state index contributed by atoms with van der Waals surface area (Å²) in [6, 6.07) is 18.9. The molecule has 4 amide bonds. The normalized spacial score (nSPS) is 16.2. The highest BCUT2D eigenvalue weighted by atomic mass is 19.3. The lowest BCUT2D eigenvalue weighted by Gasteiger charge is -2.29. The zero-order chi connectivity index (χ0) is 46.3. The molecule has 1 heterocycles. The molecule has 3 aromatic carbocycles. The number of carbonyl (C=O) groups excluding carboxylic acids is 5. The molecule has 13 nitrogen and oxygen atoms in total. The minimum atomic E-state index is -5.11. The van der Waals surface area contributed by atoms with Gasteiger partial charge in [0, 0.05) is 54.7 Å². The molecule has 1 aromatic heterocycles. The van der Waals surface area contributed by atoms with Gasteiger partial charge in [0.25, 0.3) is 11.8 Å². The average molecular weight is 878 g/mol. The Kier molecular flexibility index (Phi) is 15.2. The number of hydrogen-bond donors (Lipinski definition) is 5. The van der Waals surface area contributed by atoms with E-state index in [1.165, 1.54) is 29.6 Å². The van der Waals surface area contributed by atoms with Gasteiger partial charge in [0.1, 0.15) is 11.4 Å². The lowest BCUT2D eigenvalue weighted by molar-refractivity contribution is -0.218. The third kappa shape index (κ3) is 12.3. The van der Waals surface area contributed by atoms with Gasteiger partial charge in [-0.3, -0.25) is 24.3 Å². The number of nitrogens with zero attached hydrogens (tertiary/aromatic N) is 2. The number of aryl methyl sites for hydroxylation is 1. The minimum absolute atomic E-state index is 0.00265. The van der Waals surface area contributed by atoms with Gasteiger partial charge in [-0.2, -0.15) is 22.7 Å². The number of rotatable bonds is 16. The second-order valence-electron chi connectivity index (χ2n) is 17.3. The second-order valence-corrected chi connectivity index (χ2v) is 17.3. The van der Waals surface area contributed by atoms with E-state index >= 15 is 0 Å². The topological polar surface area (TPSA) is 184 Å². The summed E-state index contributed by atoms with van der Waals surface area (Å²) in [6.45, 7) is 11.5. The number of alkyl halides is 4. The summed E-state index contributed by atoms with van der Waals surface area (Å²) in [7, 11) is 0.804. The number of nitrogens with one attached hydrogen (secondary N) is 5. The number of amides is 4. The Morgan fingerprint density at radius 3 is 2.10 bits per heavy atom. The van der Waals surface area contributed by atoms with Gasteiger partial charge >= 0.3 is 17.9 Å². The first-order valence-electron chi connectivity index (χ1n) is 20.9. The van der Waals surface area contributed by atoms with Crippen molar-refractivity contribution in [2.45, 2.75) is 104 Å². The highest BCUT2D eigenvalue weighted by Crippen LogP contribution is 2.42. The number of halogens is 4. The summed E-state index contributed by atoms with van der Waals surface area (Å²) in [5.74, 6) is -15.6. The summed E-state index contributed by atoms with van der Waals surface area (Å²) in [6.07, 6.45) is 2.37. The predicted molar refractivity (Wildman–Crippen MR) is 229 cm³/mol. The van der Waals surface area contributed by atoms with Crippen LogP contribution in [0.15, 0.2) is 66.7 Å². The maximum atomic E-state index is 14.6. The predicted octanol–water partition coefficient (Wildman–Crippen LogP) is 8.15. The first-order chi connectivity index (χ1) is 29.6. The molecular weight excluding hydrogens is 823 g/mol. The van der Waals surface area contributed by atoms with E-state index in [1.807, 2.05) is 57.2 Å². The Balaban J connectivity index is 1.29. The molecule has 1 aliphatic carbocycles. The van der Waals surface area contributed by atoms with Crippen molar-refractivity contribution in [3.8, 4) is 22.5 Å². The fourth-order valence-corrected chi connectivity index (χ4v) is 7.40. The van der Waals surface area contributed by atoms with Crippen molar-refractivity contribution >= 4 is 35.3 Å². The van der Waals surface area contributed by atoms with Crippen LogP contribution in [0.3, 0.4) is 0 Å². The number of Topliss-reactive ketones (excluding diaryl/α,β-unsaturated/α-hetero) is 1. The van der Waals surface area contributed by atoms with Crippen molar-refractivity contribution in [3.63, 3.8) is 0 Å². The van der Waals surface area contributed by atoms with Gasteiger partial charge in [0.15, 0.2) is 5.82 Å². The Labute approximate surface area is 363 Å². The molecule has 5 N–H and O–H groups in total. The van der Waals surface area contributed by atoms with Gasteiger partial charge in [-0.05, 0) is 138 Å². The number of hydrogen-bond acceptors (Lipinski definition) is 8. The van der Waals surface area contributed by atoms with Gasteiger partial charge in [-0.1, -0.05) is 30.3 Å². The van der Waals surface area contributed by atoms with E-state index < -0.39 is 47.1 Å². The summed E-state index contributed by atoms with van der Waals surface area (Å²) < 4.78 is 62.9. The molecule has 0 saturated heterocycles. The molecule has 0 spiro atoms. The van der Waals surface area contributed by atoms with Gasteiger partial charge in [0.2, 0.25) is 11.7 Å². The monoisotopic (exact) mass is 877 g/mol. The van der Waals surface area contributed by atoms with Crippen molar-refractivity contribution in [2.24, 2.45) is 17.8 Å². The van der Waals surface area contributed by atoms with E-state index in [2.05, 4.69) is 26.0 Å². The van der Waals surface area contributed by atoms with Gasteiger partial charge in [0.05, 0.1) is 0 Å². The second kappa shape index (κ2) is 19.9. The van der Waals surface area contributed by atoms with Crippen molar-refractivity contribution < 1.29 is 46.3 Å². The van der Waals surface area contributed by atoms with E-state index in [9.17, 15) is 41.5 Å². The molecule has 338 valence electrons. The number of ketones is 1. The zero-order valence-corrected chi connectivity index (χ0v) is 36.5. The van der Waals surface area contributed by atoms with Crippen LogP contribution in [0.2, 0.25) is 0 Å². The molecule has 4 aromatic rings. The molecule has 17 heteroatoms. The van der Waals surface area contributed by atoms with Crippen LogP contribution < -0.4 is 21.3 Å².